The third-order valence-corrected chi connectivity index (χ3v) is 3.47. The normalized spacial score (nSPS) is 24.6. The third kappa shape index (κ3) is 3.45. The van der Waals surface area contributed by atoms with Crippen molar-refractivity contribution >= 4 is 5.82 Å². The minimum Gasteiger partial charge on any atom is -0.394 e. The van der Waals surface area contributed by atoms with Gasteiger partial charge in [0.2, 0.25) is 0 Å². The van der Waals surface area contributed by atoms with Gasteiger partial charge < -0.3 is 14.7 Å². The molecule has 2 heterocycles. The summed E-state index contributed by atoms with van der Waals surface area (Å²) in [5, 5.41) is 9.25. The second-order valence-corrected chi connectivity index (χ2v) is 6.31. The molecule has 1 aliphatic heterocycles. The summed E-state index contributed by atoms with van der Waals surface area (Å²) in [5.74, 6) is 0.960. The van der Waals surface area contributed by atoms with Crippen LogP contribution in [0.5, 0.6) is 0 Å². The summed E-state index contributed by atoms with van der Waals surface area (Å²) in [6.07, 6.45) is 1.95. The Bertz CT molecular complexity index is 411. The van der Waals surface area contributed by atoms with Crippen molar-refractivity contribution in [2.45, 2.75) is 45.3 Å². The summed E-state index contributed by atoms with van der Waals surface area (Å²) < 4.78 is 5.65. The lowest BCUT2D eigenvalue weighted by Gasteiger charge is -2.37. The lowest BCUT2D eigenvalue weighted by molar-refractivity contribution is -0.0423. The number of aliphatic hydroxyl groups is 1. The van der Waals surface area contributed by atoms with E-state index in [0.717, 1.165) is 12.4 Å². The van der Waals surface area contributed by atoms with Crippen LogP contribution in [0.3, 0.4) is 0 Å². The molecule has 0 radical (unpaired) electrons. The molecule has 0 spiro atoms. The minimum absolute atomic E-state index is 0.0565. The number of rotatable bonds is 2. The van der Waals surface area contributed by atoms with Crippen molar-refractivity contribution in [2.75, 3.05) is 24.6 Å². The molecule has 19 heavy (non-hydrogen) atoms. The summed E-state index contributed by atoms with van der Waals surface area (Å²) in [6, 6.07) is 4.20. The van der Waals surface area contributed by atoms with E-state index in [1.807, 2.05) is 13.1 Å². The van der Waals surface area contributed by atoms with Crippen LogP contribution >= 0.6 is 0 Å². The summed E-state index contributed by atoms with van der Waals surface area (Å²) in [6.45, 7) is 10.1. The molecule has 1 aromatic rings. The van der Waals surface area contributed by atoms with E-state index in [2.05, 4.69) is 42.8 Å². The maximum Gasteiger partial charge on any atom is 0.128 e. The fraction of sp³-hybridized carbons (Fsp3) is 0.667. The Morgan fingerprint density at radius 3 is 2.63 bits per heavy atom. The van der Waals surface area contributed by atoms with Gasteiger partial charge in [-0.1, -0.05) is 26.8 Å². The SMILES string of the molecule is CC1CN(c2ccc(C(C)(C)C)cn2)CC(CO)O1. The first kappa shape index (κ1) is 14.3. The zero-order chi connectivity index (χ0) is 14.0. The minimum atomic E-state index is -0.118. The molecule has 1 aliphatic rings. The summed E-state index contributed by atoms with van der Waals surface area (Å²) >= 11 is 0. The van der Waals surface area contributed by atoms with Crippen LogP contribution in [0.25, 0.3) is 0 Å². The van der Waals surface area contributed by atoms with Crippen molar-refractivity contribution < 1.29 is 9.84 Å². The average Bonchev–Trinajstić information content (AvgIpc) is 2.37. The van der Waals surface area contributed by atoms with E-state index < -0.39 is 0 Å². The highest BCUT2D eigenvalue weighted by molar-refractivity contribution is 5.41. The van der Waals surface area contributed by atoms with E-state index in [1.165, 1.54) is 5.56 Å². The molecular formula is C15H24N2O2. The lowest BCUT2D eigenvalue weighted by atomic mass is 9.88. The number of anilines is 1. The third-order valence-electron chi connectivity index (χ3n) is 3.47. The summed E-state index contributed by atoms with van der Waals surface area (Å²) in [4.78, 5) is 6.74. The van der Waals surface area contributed by atoms with Gasteiger partial charge in [0.25, 0.3) is 0 Å². The van der Waals surface area contributed by atoms with Crippen molar-refractivity contribution in [1.82, 2.24) is 4.98 Å². The number of morpholine rings is 1. The predicted octanol–water partition coefficient (Wildman–Crippen LogP) is 1.97. The number of pyridine rings is 1. The van der Waals surface area contributed by atoms with Crippen molar-refractivity contribution in [2.24, 2.45) is 0 Å². The predicted molar refractivity (Wildman–Crippen MR) is 76.6 cm³/mol. The van der Waals surface area contributed by atoms with Crippen molar-refractivity contribution in [3.63, 3.8) is 0 Å². The van der Waals surface area contributed by atoms with E-state index >= 15 is 0 Å². The van der Waals surface area contributed by atoms with Gasteiger partial charge in [-0.15, -0.1) is 0 Å². The first-order valence-corrected chi connectivity index (χ1v) is 6.88. The molecule has 1 aromatic heterocycles. The Morgan fingerprint density at radius 1 is 1.37 bits per heavy atom. The number of hydrogen-bond acceptors (Lipinski definition) is 4. The Labute approximate surface area is 115 Å². The Morgan fingerprint density at radius 2 is 2.11 bits per heavy atom. The Kier molecular flexibility index (Phi) is 4.11. The number of ether oxygens (including phenoxy) is 1. The van der Waals surface area contributed by atoms with Gasteiger partial charge in [-0.05, 0) is 24.0 Å². The highest BCUT2D eigenvalue weighted by Gasteiger charge is 2.25. The molecule has 106 valence electrons. The van der Waals surface area contributed by atoms with E-state index in [9.17, 15) is 5.11 Å². The van der Waals surface area contributed by atoms with Gasteiger partial charge in [0, 0.05) is 19.3 Å². The van der Waals surface area contributed by atoms with E-state index in [0.29, 0.717) is 6.54 Å². The van der Waals surface area contributed by atoms with Gasteiger partial charge in [-0.25, -0.2) is 4.98 Å². The Hall–Kier alpha value is -1.13. The van der Waals surface area contributed by atoms with E-state index in [-0.39, 0.29) is 24.2 Å². The maximum absolute atomic E-state index is 9.25. The first-order chi connectivity index (χ1) is 8.90. The molecule has 4 nitrogen and oxygen atoms in total. The van der Waals surface area contributed by atoms with Crippen LogP contribution in [0.15, 0.2) is 18.3 Å². The fourth-order valence-corrected chi connectivity index (χ4v) is 2.35. The quantitative estimate of drug-likeness (QED) is 0.887. The zero-order valence-corrected chi connectivity index (χ0v) is 12.3. The number of hydrogen-bond donors (Lipinski definition) is 1. The Balaban J connectivity index is 2.13. The molecule has 4 heteroatoms. The molecule has 0 aromatic carbocycles. The smallest absolute Gasteiger partial charge is 0.128 e. The van der Waals surface area contributed by atoms with Crippen LogP contribution in [-0.2, 0) is 10.2 Å². The lowest BCUT2D eigenvalue weighted by Crippen LogP contribution is -2.48. The molecular weight excluding hydrogens is 240 g/mol. The summed E-state index contributed by atoms with van der Waals surface area (Å²) in [7, 11) is 0. The standard InChI is InChI=1S/C15H24N2O2/c1-11-8-17(9-13(10-18)19-11)14-6-5-12(7-16-14)15(2,3)4/h5-7,11,13,18H,8-10H2,1-4H3. The van der Waals surface area contributed by atoms with Crippen molar-refractivity contribution in [1.29, 1.82) is 0 Å². The van der Waals surface area contributed by atoms with Gasteiger partial charge >= 0.3 is 0 Å². The highest BCUT2D eigenvalue weighted by Crippen LogP contribution is 2.24. The average molecular weight is 264 g/mol. The number of aromatic nitrogens is 1. The molecule has 0 amide bonds. The van der Waals surface area contributed by atoms with Crippen LogP contribution < -0.4 is 4.90 Å². The molecule has 1 fully saturated rings. The van der Waals surface area contributed by atoms with Gasteiger partial charge in [-0.3, -0.25) is 0 Å². The molecule has 1 saturated heterocycles. The maximum atomic E-state index is 9.25. The summed E-state index contributed by atoms with van der Waals surface area (Å²) in [5.41, 5.74) is 1.36. The molecule has 0 bridgehead atoms. The first-order valence-electron chi connectivity index (χ1n) is 6.88. The van der Waals surface area contributed by atoms with Crippen LogP contribution in [0, 0.1) is 0 Å². The van der Waals surface area contributed by atoms with Crippen LogP contribution in [0.2, 0.25) is 0 Å². The van der Waals surface area contributed by atoms with Crippen LogP contribution in [-0.4, -0.2) is 42.0 Å². The van der Waals surface area contributed by atoms with E-state index in [1.54, 1.807) is 0 Å². The highest BCUT2D eigenvalue weighted by atomic mass is 16.5. The van der Waals surface area contributed by atoms with E-state index in [4.69, 9.17) is 4.74 Å². The second kappa shape index (κ2) is 5.47. The van der Waals surface area contributed by atoms with Crippen molar-refractivity contribution in [3.05, 3.63) is 23.9 Å². The molecule has 0 aliphatic carbocycles. The van der Waals surface area contributed by atoms with Gasteiger partial charge in [0.15, 0.2) is 0 Å². The van der Waals surface area contributed by atoms with Gasteiger partial charge in [-0.2, -0.15) is 0 Å². The molecule has 2 rings (SSSR count). The van der Waals surface area contributed by atoms with Crippen molar-refractivity contribution in [3.8, 4) is 0 Å². The monoisotopic (exact) mass is 264 g/mol. The largest absolute Gasteiger partial charge is 0.394 e. The molecule has 0 saturated carbocycles. The number of nitrogens with zero attached hydrogens (tertiary/aromatic N) is 2. The second-order valence-electron chi connectivity index (χ2n) is 6.31. The topological polar surface area (TPSA) is 45.6 Å². The number of aliphatic hydroxyl groups excluding tert-OH is 1. The molecule has 2 atom stereocenters. The fourth-order valence-electron chi connectivity index (χ4n) is 2.35. The molecule has 1 N–H and O–H groups in total. The van der Waals surface area contributed by atoms with Gasteiger partial charge in [0.1, 0.15) is 5.82 Å². The van der Waals surface area contributed by atoms with Crippen LogP contribution in [0.1, 0.15) is 33.3 Å². The van der Waals surface area contributed by atoms with Crippen LogP contribution in [0.4, 0.5) is 5.82 Å². The zero-order valence-electron chi connectivity index (χ0n) is 12.3. The molecule has 2 unspecified atom stereocenters. The van der Waals surface area contributed by atoms with Gasteiger partial charge in [0.05, 0.1) is 18.8 Å².